The van der Waals surface area contributed by atoms with Crippen molar-refractivity contribution in [2.45, 2.75) is 52.0 Å². The van der Waals surface area contributed by atoms with Crippen LogP contribution in [-0.2, 0) is 18.4 Å². The zero-order valence-corrected chi connectivity index (χ0v) is 22.8. The van der Waals surface area contributed by atoms with E-state index in [1.807, 2.05) is 42.5 Å². The summed E-state index contributed by atoms with van der Waals surface area (Å²) < 4.78 is 9.14. The fraction of sp³-hybridized carbons (Fsp3) is 0.333. The van der Waals surface area contributed by atoms with E-state index in [9.17, 15) is 4.79 Å². The van der Waals surface area contributed by atoms with Crippen molar-refractivity contribution in [3.05, 3.63) is 94.2 Å². The molecule has 4 aromatic rings. The van der Waals surface area contributed by atoms with E-state index in [0.29, 0.717) is 25.1 Å². The number of aromatic nitrogens is 2. The number of hydrogen-bond donors (Lipinski definition) is 1. The molecule has 0 atom stereocenters. The Hall–Kier alpha value is -3.12. The number of carbonyl (C=O) groups excluding carboxylic acids is 1. The number of benzene rings is 3. The highest BCUT2D eigenvalue weighted by Gasteiger charge is 2.13. The van der Waals surface area contributed by atoms with E-state index in [2.05, 4.69) is 76.9 Å². The Labute approximate surface area is 222 Å². The Morgan fingerprint density at radius 2 is 1.78 bits per heavy atom. The first-order valence-corrected chi connectivity index (χ1v) is 13.3. The van der Waals surface area contributed by atoms with Crippen LogP contribution in [0.25, 0.3) is 11.0 Å². The minimum absolute atomic E-state index is 0.0772. The lowest BCUT2D eigenvalue weighted by atomic mass is 9.87. The van der Waals surface area contributed by atoms with Crippen molar-refractivity contribution in [2.24, 2.45) is 0 Å². The van der Waals surface area contributed by atoms with Crippen LogP contribution in [0.4, 0.5) is 0 Å². The molecule has 0 aliphatic rings. The minimum atomic E-state index is -0.0772. The number of aryl methyl sites for hydroxylation is 1. The lowest BCUT2D eigenvalue weighted by Gasteiger charge is -2.19. The largest absolute Gasteiger partial charge is 0.494 e. The van der Waals surface area contributed by atoms with Gasteiger partial charge in [0.15, 0.2) is 0 Å². The van der Waals surface area contributed by atoms with E-state index in [1.54, 1.807) is 0 Å². The fourth-order valence-corrected chi connectivity index (χ4v) is 4.60. The molecule has 0 aliphatic heterocycles. The molecule has 0 unspecified atom stereocenters. The monoisotopic (exact) mass is 547 g/mol. The quantitative estimate of drug-likeness (QED) is 0.219. The summed E-state index contributed by atoms with van der Waals surface area (Å²) in [6, 6.07) is 24.0. The van der Waals surface area contributed by atoms with Gasteiger partial charge in [-0.3, -0.25) is 4.79 Å². The van der Waals surface area contributed by atoms with Crippen molar-refractivity contribution in [3.63, 3.8) is 0 Å². The summed E-state index contributed by atoms with van der Waals surface area (Å²) in [5.41, 5.74) is 4.21. The number of para-hydroxylation sites is 2. The van der Waals surface area contributed by atoms with Crippen LogP contribution < -0.4 is 10.1 Å². The first-order chi connectivity index (χ1) is 17.3. The third-order valence-electron chi connectivity index (χ3n) is 6.22. The number of imidazole rings is 1. The second-order valence-corrected chi connectivity index (χ2v) is 10.9. The molecule has 188 valence electrons. The fourth-order valence-electron chi connectivity index (χ4n) is 4.20. The molecule has 1 heterocycles. The molecule has 0 saturated carbocycles. The molecule has 1 aromatic heterocycles. The standard InChI is InChI=1S/C30H34BrN3O2/c1-30(2,3)23-13-15-25(16-14-23)36-20-7-6-19-34-27-12-5-4-11-26(27)33-28(34)17-18-32-29(35)22-9-8-10-24(31)21-22/h4-5,8-16,21H,6-7,17-20H2,1-3H3,(H,32,35). The molecule has 4 rings (SSSR count). The van der Waals surface area contributed by atoms with Gasteiger partial charge in [0.05, 0.1) is 17.6 Å². The molecular formula is C30H34BrN3O2. The van der Waals surface area contributed by atoms with E-state index < -0.39 is 0 Å². The average molecular weight is 549 g/mol. The number of amides is 1. The second kappa shape index (κ2) is 11.7. The van der Waals surface area contributed by atoms with Gasteiger partial charge in [0, 0.05) is 29.5 Å². The number of fused-ring (bicyclic) bond motifs is 1. The Bertz CT molecular complexity index is 1310. The number of unbranched alkanes of at least 4 members (excludes halogenated alkanes) is 1. The number of nitrogens with one attached hydrogen (secondary N) is 1. The summed E-state index contributed by atoms with van der Waals surface area (Å²) in [7, 11) is 0. The van der Waals surface area contributed by atoms with E-state index in [1.165, 1.54) is 5.56 Å². The summed E-state index contributed by atoms with van der Waals surface area (Å²) in [6.07, 6.45) is 2.61. The van der Waals surface area contributed by atoms with Gasteiger partial charge < -0.3 is 14.6 Å². The van der Waals surface area contributed by atoms with Gasteiger partial charge in [-0.1, -0.05) is 67.0 Å². The van der Waals surface area contributed by atoms with Gasteiger partial charge in [0.25, 0.3) is 5.91 Å². The van der Waals surface area contributed by atoms with Gasteiger partial charge in [-0.2, -0.15) is 0 Å². The normalized spacial score (nSPS) is 11.6. The van der Waals surface area contributed by atoms with Crippen LogP contribution in [0.15, 0.2) is 77.3 Å². The zero-order chi connectivity index (χ0) is 25.5. The van der Waals surface area contributed by atoms with Crippen molar-refractivity contribution in [1.29, 1.82) is 0 Å². The summed E-state index contributed by atoms with van der Waals surface area (Å²) in [5.74, 6) is 1.83. The van der Waals surface area contributed by atoms with E-state index >= 15 is 0 Å². The van der Waals surface area contributed by atoms with Gasteiger partial charge >= 0.3 is 0 Å². The average Bonchev–Trinajstić information content (AvgIpc) is 3.21. The Kier molecular flexibility index (Phi) is 8.47. The highest BCUT2D eigenvalue weighted by molar-refractivity contribution is 9.10. The summed E-state index contributed by atoms with van der Waals surface area (Å²) in [4.78, 5) is 17.3. The number of rotatable bonds is 10. The maximum absolute atomic E-state index is 12.5. The molecule has 5 nitrogen and oxygen atoms in total. The third kappa shape index (κ3) is 6.76. The SMILES string of the molecule is CC(C)(C)c1ccc(OCCCCn2c(CCNC(=O)c3cccc(Br)c3)nc3ccccc32)cc1. The lowest BCUT2D eigenvalue weighted by Crippen LogP contribution is -2.26. The first-order valence-electron chi connectivity index (χ1n) is 12.5. The van der Waals surface area contributed by atoms with Gasteiger partial charge in [-0.25, -0.2) is 4.98 Å². The number of hydrogen-bond acceptors (Lipinski definition) is 3. The van der Waals surface area contributed by atoms with E-state index in [4.69, 9.17) is 9.72 Å². The predicted octanol–water partition coefficient (Wildman–Crippen LogP) is 6.93. The summed E-state index contributed by atoms with van der Waals surface area (Å²) in [6.45, 7) is 8.72. The predicted molar refractivity (Wildman–Crippen MR) is 150 cm³/mol. The van der Waals surface area contributed by atoms with Crippen LogP contribution in [0.5, 0.6) is 5.75 Å². The lowest BCUT2D eigenvalue weighted by molar-refractivity contribution is 0.0954. The van der Waals surface area contributed by atoms with Crippen LogP contribution in [0.1, 0.15) is 55.4 Å². The van der Waals surface area contributed by atoms with Crippen LogP contribution in [0.2, 0.25) is 0 Å². The van der Waals surface area contributed by atoms with Crippen molar-refractivity contribution < 1.29 is 9.53 Å². The molecule has 6 heteroatoms. The Morgan fingerprint density at radius 1 is 1.00 bits per heavy atom. The van der Waals surface area contributed by atoms with Gasteiger partial charge in [-0.15, -0.1) is 0 Å². The molecule has 1 N–H and O–H groups in total. The number of halogens is 1. The molecule has 0 bridgehead atoms. The molecule has 0 aliphatic carbocycles. The van der Waals surface area contributed by atoms with Gasteiger partial charge in [0.2, 0.25) is 0 Å². The number of ether oxygens (including phenoxy) is 1. The second-order valence-electron chi connectivity index (χ2n) is 10.0. The molecule has 0 saturated heterocycles. The molecule has 36 heavy (non-hydrogen) atoms. The van der Waals surface area contributed by atoms with Crippen LogP contribution >= 0.6 is 15.9 Å². The number of nitrogens with zero attached hydrogens (tertiary/aromatic N) is 2. The molecule has 3 aromatic carbocycles. The summed E-state index contributed by atoms with van der Waals surface area (Å²) >= 11 is 3.42. The maximum Gasteiger partial charge on any atom is 0.251 e. The van der Waals surface area contributed by atoms with Gasteiger partial charge in [-0.05, 0) is 66.3 Å². The van der Waals surface area contributed by atoms with E-state index in [-0.39, 0.29) is 11.3 Å². The van der Waals surface area contributed by atoms with Crippen LogP contribution in [0.3, 0.4) is 0 Å². The molecule has 0 radical (unpaired) electrons. The topological polar surface area (TPSA) is 56.1 Å². The highest BCUT2D eigenvalue weighted by Crippen LogP contribution is 2.24. The van der Waals surface area contributed by atoms with Crippen molar-refractivity contribution in [1.82, 2.24) is 14.9 Å². The molecule has 0 spiro atoms. The summed E-state index contributed by atoms with van der Waals surface area (Å²) in [5, 5.41) is 3.02. The van der Waals surface area contributed by atoms with Crippen LogP contribution in [0, 0.1) is 0 Å². The maximum atomic E-state index is 12.5. The van der Waals surface area contributed by atoms with Crippen molar-refractivity contribution in [2.75, 3.05) is 13.2 Å². The van der Waals surface area contributed by atoms with E-state index in [0.717, 1.165) is 46.5 Å². The Morgan fingerprint density at radius 3 is 2.53 bits per heavy atom. The number of carbonyl (C=O) groups is 1. The Balaban J connectivity index is 1.31. The third-order valence-corrected chi connectivity index (χ3v) is 6.71. The molecular weight excluding hydrogens is 514 g/mol. The molecule has 1 amide bonds. The first kappa shape index (κ1) is 26.0. The van der Waals surface area contributed by atoms with Crippen LogP contribution in [-0.4, -0.2) is 28.6 Å². The molecule has 0 fully saturated rings. The highest BCUT2D eigenvalue weighted by atomic mass is 79.9. The smallest absolute Gasteiger partial charge is 0.251 e. The van der Waals surface area contributed by atoms with Crippen molar-refractivity contribution in [3.8, 4) is 5.75 Å². The minimum Gasteiger partial charge on any atom is -0.494 e. The van der Waals surface area contributed by atoms with Crippen molar-refractivity contribution >= 4 is 32.9 Å². The zero-order valence-electron chi connectivity index (χ0n) is 21.3. The van der Waals surface area contributed by atoms with Gasteiger partial charge in [0.1, 0.15) is 11.6 Å².